The highest BCUT2D eigenvalue weighted by atomic mass is 79.9. The van der Waals surface area contributed by atoms with Crippen LogP contribution in [0.3, 0.4) is 0 Å². The van der Waals surface area contributed by atoms with Gasteiger partial charge >= 0.3 is 0 Å². The average Bonchev–Trinajstić information content (AvgIpc) is 2.29. The largest absolute Gasteiger partial charge is 0.490 e. The van der Waals surface area contributed by atoms with Crippen molar-refractivity contribution in [3.8, 4) is 5.75 Å². The molecular formula is C10H11BrFNO. The van der Waals surface area contributed by atoms with Crippen molar-refractivity contribution in [2.75, 3.05) is 6.61 Å². The van der Waals surface area contributed by atoms with Gasteiger partial charge in [0.2, 0.25) is 0 Å². The molecule has 0 bridgehead atoms. The fraction of sp³-hybridized carbons (Fsp3) is 0.400. The Hall–Kier alpha value is -0.610. The second kappa shape index (κ2) is 3.87. The van der Waals surface area contributed by atoms with Crippen LogP contribution >= 0.6 is 15.9 Å². The zero-order valence-electron chi connectivity index (χ0n) is 7.59. The molecule has 1 aliphatic rings. The van der Waals surface area contributed by atoms with E-state index in [-0.39, 0.29) is 11.9 Å². The first-order valence-corrected chi connectivity index (χ1v) is 5.35. The van der Waals surface area contributed by atoms with Crippen molar-refractivity contribution in [3.63, 3.8) is 0 Å². The van der Waals surface area contributed by atoms with E-state index < -0.39 is 0 Å². The van der Waals surface area contributed by atoms with Gasteiger partial charge in [-0.1, -0.05) is 15.9 Å². The zero-order valence-corrected chi connectivity index (χ0v) is 9.18. The molecule has 2 N–H and O–H groups in total. The number of benzene rings is 1. The molecule has 0 unspecified atom stereocenters. The van der Waals surface area contributed by atoms with Gasteiger partial charge in [0.15, 0.2) is 11.6 Å². The van der Waals surface area contributed by atoms with Crippen LogP contribution in [0.25, 0.3) is 0 Å². The number of hydrogen-bond acceptors (Lipinski definition) is 2. The van der Waals surface area contributed by atoms with Crippen LogP contribution in [0.1, 0.15) is 24.4 Å². The Morgan fingerprint density at radius 1 is 1.50 bits per heavy atom. The van der Waals surface area contributed by atoms with E-state index in [0.29, 0.717) is 16.8 Å². The van der Waals surface area contributed by atoms with Crippen LogP contribution in [0.5, 0.6) is 5.75 Å². The number of hydrogen-bond donors (Lipinski definition) is 1. The van der Waals surface area contributed by atoms with Gasteiger partial charge in [0, 0.05) is 16.1 Å². The highest BCUT2D eigenvalue weighted by Gasteiger charge is 2.20. The highest BCUT2D eigenvalue weighted by Crippen LogP contribution is 2.34. The van der Waals surface area contributed by atoms with Crippen molar-refractivity contribution in [1.82, 2.24) is 0 Å². The summed E-state index contributed by atoms with van der Waals surface area (Å²) in [5.74, 6) is -0.0232. The Morgan fingerprint density at radius 2 is 2.29 bits per heavy atom. The molecule has 0 amide bonds. The third-order valence-corrected chi connectivity index (χ3v) is 2.80. The lowest BCUT2D eigenvalue weighted by atomic mass is 10.0. The minimum Gasteiger partial charge on any atom is -0.490 e. The first kappa shape index (κ1) is 9.93. The summed E-state index contributed by atoms with van der Waals surface area (Å²) in [7, 11) is 0. The summed E-state index contributed by atoms with van der Waals surface area (Å²) in [4.78, 5) is 0. The molecule has 1 aromatic rings. The quantitative estimate of drug-likeness (QED) is 0.778. The van der Waals surface area contributed by atoms with E-state index in [4.69, 9.17) is 10.5 Å². The molecule has 0 aliphatic carbocycles. The maximum absolute atomic E-state index is 13.5. The van der Waals surface area contributed by atoms with Gasteiger partial charge in [-0.3, -0.25) is 0 Å². The van der Waals surface area contributed by atoms with Crippen LogP contribution in [-0.4, -0.2) is 6.61 Å². The second-order valence-corrected chi connectivity index (χ2v) is 4.32. The lowest BCUT2D eigenvalue weighted by molar-refractivity contribution is 0.301. The monoisotopic (exact) mass is 259 g/mol. The minimum absolute atomic E-state index is 0.125. The molecule has 76 valence electrons. The molecule has 2 rings (SSSR count). The van der Waals surface area contributed by atoms with E-state index >= 15 is 0 Å². The molecule has 0 spiro atoms. The first-order valence-electron chi connectivity index (χ1n) is 4.56. The average molecular weight is 260 g/mol. The molecular weight excluding hydrogens is 249 g/mol. The lowest BCUT2D eigenvalue weighted by Gasteiger charge is -2.12. The molecule has 1 aliphatic heterocycles. The van der Waals surface area contributed by atoms with E-state index in [1.54, 1.807) is 0 Å². The molecule has 14 heavy (non-hydrogen) atoms. The smallest absolute Gasteiger partial charge is 0.166 e. The maximum atomic E-state index is 13.5. The summed E-state index contributed by atoms with van der Waals surface area (Å²) < 4.78 is 19.5. The Bertz CT molecular complexity index is 356. The van der Waals surface area contributed by atoms with Crippen molar-refractivity contribution < 1.29 is 9.13 Å². The van der Waals surface area contributed by atoms with Crippen LogP contribution in [0.2, 0.25) is 0 Å². The standard InChI is InChI=1S/C10H11BrFNO/c11-6-4-7-9(13)2-1-3-14-10(7)8(12)5-6/h4-5,9H,1-3,13H2/t9-/m1/s1. The highest BCUT2D eigenvalue weighted by molar-refractivity contribution is 9.10. The third kappa shape index (κ3) is 1.77. The fourth-order valence-electron chi connectivity index (χ4n) is 1.64. The van der Waals surface area contributed by atoms with Gasteiger partial charge in [0.05, 0.1) is 6.61 Å². The SMILES string of the molecule is N[C@@H]1CCCOc2c(F)cc(Br)cc21. The molecule has 1 atom stereocenters. The summed E-state index contributed by atoms with van der Waals surface area (Å²) in [5.41, 5.74) is 6.68. The van der Waals surface area contributed by atoms with Crippen LogP contribution in [0.4, 0.5) is 4.39 Å². The summed E-state index contributed by atoms with van der Waals surface area (Å²) in [6, 6.07) is 3.10. The fourth-order valence-corrected chi connectivity index (χ4v) is 2.09. The molecule has 2 nitrogen and oxygen atoms in total. The second-order valence-electron chi connectivity index (χ2n) is 3.40. The van der Waals surface area contributed by atoms with Crippen LogP contribution in [-0.2, 0) is 0 Å². The summed E-state index contributed by atoms with van der Waals surface area (Å²) >= 11 is 3.24. The van der Waals surface area contributed by atoms with Crippen molar-refractivity contribution >= 4 is 15.9 Å². The van der Waals surface area contributed by atoms with Gasteiger partial charge in [-0.25, -0.2) is 4.39 Å². The minimum atomic E-state index is -0.341. The Kier molecular flexibility index (Phi) is 2.74. The topological polar surface area (TPSA) is 35.2 Å². The zero-order chi connectivity index (χ0) is 10.1. The van der Waals surface area contributed by atoms with Crippen LogP contribution < -0.4 is 10.5 Å². The molecule has 4 heteroatoms. The molecule has 1 aromatic carbocycles. The van der Waals surface area contributed by atoms with Crippen molar-refractivity contribution in [2.45, 2.75) is 18.9 Å². The van der Waals surface area contributed by atoms with E-state index in [1.165, 1.54) is 6.07 Å². The number of nitrogens with two attached hydrogens (primary N) is 1. The molecule has 1 heterocycles. The number of fused-ring (bicyclic) bond motifs is 1. The summed E-state index contributed by atoms with van der Waals surface area (Å²) in [6.07, 6.45) is 1.70. The van der Waals surface area contributed by atoms with E-state index in [2.05, 4.69) is 15.9 Å². The van der Waals surface area contributed by atoms with E-state index in [1.807, 2.05) is 6.07 Å². The Morgan fingerprint density at radius 3 is 3.07 bits per heavy atom. The number of ether oxygens (including phenoxy) is 1. The van der Waals surface area contributed by atoms with Gasteiger partial charge < -0.3 is 10.5 Å². The number of rotatable bonds is 0. The normalized spacial score (nSPS) is 20.9. The molecule has 0 saturated carbocycles. The van der Waals surface area contributed by atoms with Gasteiger partial charge in [0.1, 0.15) is 0 Å². The van der Waals surface area contributed by atoms with Crippen LogP contribution in [0.15, 0.2) is 16.6 Å². The van der Waals surface area contributed by atoms with Crippen molar-refractivity contribution in [2.24, 2.45) is 5.73 Å². The van der Waals surface area contributed by atoms with Crippen molar-refractivity contribution in [1.29, 1.82) is 0 Å². The van der Waals surface area contributed by atoms with Crippen molar-refractivity contribution in [3.05, 3.63) is 28.0 Å². The molecule has 0 fully saturated rings. The third-order valence-electron chi connectivity index (χ3n) is 2.34. The summed E-state index contributed by atoms with van der Waals surface area (Å²) in [6.45, 7) is 0.541. The lowest BCUT2D eigenvalue weighted by Crippen LogP contribution is -2.09. The first-order chi connectivity index (χ1) is 6.68. The van der Waals surface area contributed by atoms with Gasteiger partial charge in [-0.05, 0) is 25.0 Å². The number of halogens is 2. The predicted octanol–water partition coefficient (Wildman–Crippen LogP) is 2.76. The van der Waals surface area contributed by atoms with Crippen LogP contribution in [0, 0.1) is 5.82 Å². The molecule has 0 saturated heterocycles. The van der Waals surface area contributed by atoms with E-state index in [9.17, 15) is 4.39 Å². The van der Waals surface area contributed by atoms with Gasteiger partial charge in [-0.2, -0.15) is 0 Å². The molecule has 0 aromatic heterocycles. The molecule has 0 radical (unpaired) electrons. The van der Waals surface area contributed by atoms with Gasteiger partial charge in [-0.15, -0.1) is 0 Å². The summed E-state index contributed by atoms with van der Waals surface area (Å²) in [5, 5.41) is 0. The van der Waals surface area contributed by atoms with Gasteiger partial charge in [0.25, 0.3) is 0 Å². The maximum Gasteiger partial charge on any atom is 0.166 e. The predicted molar refractivity (Wildman–Crippen MR) is 55.8 cm³/mol. The van der Waals surface area contributed by atoms with E-state index in [0.717, 1.165) is 18.4 Å². The Balaban J connectivity index is 2.53. The Labute approximate surface area is 90.4 Å².